The van der Waals surface area contributed by atoms with E-state index >= 15 is 0 Å². The number of benzene rings is 2. The second-order valence-corrected chi connectivity index (χ2v) is 5.92. The van der Waals surface area contributed by atoms with Crippen LogP contribution >= 0.6 is 0 Å². The van der Waals surface area contributed by atoms with E-state index in [-0.39, 0.29) is 12.5 Å². The molecule has 0 radical (unpaired) electrons. The van der Waals surface area contributed by atoms with Crippen molar-refractivity contribution in [2.24, 2.45) is 5.10 Å². The van der Waals surface area contributed by atoms with Gasteiger partial charge in [0.25, 0.3) is 5.91 Å². The summed E-state index contributed by atoms with van der Waals surface area (Å²) in [5.74, 6) is 1.05. The van der Waals surface area contributed by atoms with Crippen molar-refractivity contribution in [3.05, 3.63) is 59.7 Å². The molecule has 0 atom stereocenters. The van der Waals surface area contributed by atoms with E-state index in [1.54, 1.807) is 13.3 Å². The third kappa shape index (κ3) is 6.59. The summed E-state index contributed by atoms with van der Waals surface area (Å²) in [5.41, 5.74) is 4.52. The van der Waals surface area contributed by atoms with Gasteiger partial charge in [-0.15, -0.1) is 0 Å². The van der Waals surface area contributed by atoms with Crippen LogP contribution in [0.4, 0.5) is 0 Å². The van der Waals surface area contributed by atoms with Gasteiger partial charge < -0.3 is 9.47 Å². The fourth-order valence-corrected chi connectivity index (χ4v) is 2.46. The third-order valence-corrected chi connectivity index (χ3v) is 3.89. The van der Waals surface area contributed by atoms with Gasteiger partial charge in [0, 0.05) is 5.56 Å². The molecule has 0 spiro atoms. The SMILES string of the molecule is CCCCCc1ccc(OCC(=O)N/N=C\c2ccccc2OC)cc1. The molecule has 1 amide bonds. The summed E-state index contributed by atoms with van der Waals surface area (Å²) in [5, 5.41) is 3.93. The number of nitrogens with zero attached hydrogens (tertiary/aromatic N) is 1. The van der Waals surface area contributed by atoms with E-state index in [1.165, 1.54) is 24.8 Å². The zero-order valence-electron chi connectivity index (χ0n) is 15.4. The fourth-order valence-electron chi connectivity index (χ4n) is 2.46. The number of carbonyl (C=O) groups is 1. The third-order valence-electron chi connectivity index (χ3n) is 3.89. The highest BCUT2D eigenvalue weighted by Gasteiger charge is 2.03. The average molecular weight is 354 g/mol. The standard InChI is InChI=1S/C21H26N2O3/c1-3-4-5-8-17-11-13-19(14-12-17)26-16-21(24)23-22-15-18-9-6-7-10-20(18)25-2/h6-7,9-15H,3-5,8,16H2,1-2H3,(H,23,24)/b22-15-. The molecule has 5 nitrogen and oxygen atoms in total. The van der Waals surface area contributed by atoms with E-state index in [1.807, 2.05) is 48.5 Å². The molecule has 0 aliphatic carbocycles. The molecule has 138 valence electrons. The lowest BCUT2D eigenvalue weighted by molar-refractivity contribution is -0.123. The second-order valence-electron chi connectivity index (χ2n) is 5.92. The van der Waals surface area contributed by atoms with Crippen LogP contribution in [0.25, 0.3) is 0 Å². The molecule has 26 heavy (non-hydrogen) atoms. The van der Waals surface area contributed by atoms with Gasteiger partial charge >= 0.3 is 0 Å². The molecule has 0 aliphatic heterocycles. The molecule has 2 aromatic rings. The van der Waals surface area contributed by atoms with Crippen LogP contribution in [0.2, 0.25) is 0 Å². The number of unbranched alkanes of at least 4 members (excludes halogenated alkanes) is 2. The molecule has 0 saturated carbocycles. The van der Waals surface area contributed by atoms with Gasteiger partial charge in [0.1, 0.15) is 11.5 Å². The predicted molar refractivity (Wildman–Crippen MR) is 104 cm³/mol. The summed E-state index contributed by atoms with van der Waals surface area (Å²) >= 11 is 0. The summed E-state index contributed by atoms with van der Waals surface area (Å²) < 4.78 is 10.7. The summed E-state index contributed by atoms with van der Waals surface area (Å²) in [6.45, 7) is 2.11. The molecule has 0 saturated heterocycles. The Labute approximate surface area is 155 Å². The van der Waals surface area contributed by atoms with E-state index in [4.69, 9.17) is 9.47 Å². The van der Waals surface area contributed by atoms with Crippen LogP contribution in [-0.2, 0) is 11.2 Å². The smallest absolute Gasteiger partial charge is 0.277 e. The molecule has 0 aromatic heterocycles. The maximum absolute atomic E-state index is 11.8. The van der Waals surface area contributed by atoms with Gasteiger partial charge in [-0.3, -0.25) is 4.79 Å². The van der Waals surface area contributed by atoms with Gasteiger partial charge in [0.2, 0.25) is 0 Å². The van der Waals surface area contributed by atoms with Crippen LogP contribution in [0.3, 0.4) is 0 Å². The maximum atomic E-state index is 11.8. The first-order valence-electron chi connectivity index (χ1n) is 8.89. The van der Waals surface area contributed by atoms with Crippen LogP contribution in [0.5, 0.6) is 11.5 Å². The first-order valence-corrected chi connectivity index (χ1v) is 8.89. The van der Waals surface area contributed by atoms with Crippen molar-refractivity contribution in [3.8, 4) is 11.5 Å². The van der Waals surface area contributed by atoms with Crippen molar-refractivity contribution in [2.75, 3.05) is 13.7 Å². The van der Waals surface area contributed by atoms with E-state index in [0.29, 0.717) is 11.5 Å². The Morgan fingerprint density at radius 2 is 1.88 bits per heavy atom. The molecule has 0 bridgehead atoms. The Kier molecular flexibility index (Phi) is 8.19. The van der Waals surface area contributed by atoms with Gasteiger partial charge in [-0.1, -0.05) is 44.0 Å². The molecule has 0 heterocycles. The number of rotatable bonds is 10. The van der Waals surface area contributed by atoms with Crippen molar-refractivity contribution >= 4 is 12.1 Å². The number of hydrogen-bond donors (Lipinski definition) is 1. The number of hydrazone groups is 1. The van der Waals surface area contributed by atoms with Gasteiger partial charge in [-0.25, -0.2) is 5.43 Å². The summed E-state index contributed by atoms with van der Waals surface area (Å²) in [6.07, 6.45) is 6.28. The molecule has 0 fully saturated rings. The average Bonchev–Trinajstić information content (AvgIpc) is 2.68. The molecule has 0 aliphatic rings. The van der Waals surface area contributed by atoms with E-state index in [2.05, 4.69) is 17.5 Å². The van der Waals surface area contributed by atoms with Crippen LogP contribution in [0, 0.1) is 0 Å². The Balaban J connectivity index is 1.75. The lowest BCUT2D eigenvalue weighted by Crippen LogP contribution is -2.24. The van der Waals surface area contributed by atoms with Crippen LogP contribution in [0.15, 0.2) is 53.6 Å². The number of carbonyl (C=O) groups excluding carboxylic acids is 1. The Bertz CT molecular complexity index is 711. The summed E-state index contributed by atoms with van der Waals surface area (Å²) in [7, 11) is 1.59. The Hall–Kier alpha value is -2.82. The van der Waals surface area contributed by atoms with Crippen LogP contribution in [-0.4, -0.2) is 25.8 Å². The lowest BCUT2D eigenvalue weighted by Gasteiger charge is -2.07. The zero-order chi connectivity index (χ0) is 18.6. The first-order chi connectivity index (χ1) is 12.7. The number of amides is 1. The molecule has 1 N–H and O–H groups in total. The highest BCUT2D eigenvalue weighted by molar-refractivity contribution is 5.85. The highest BCUT2D eigenvalue weighted by atomic mass is 16.5. The topological polar surface area (TPSA) is 59.9 Å². The molecular formula is C21H26N2O3. The first kappa shape index (κ1) is 19.5. The molecule has 5 heteroatoms. The minimum absolute atomic E-state index is 0.0849. The number of hydrogen-bond acceptors (Lipinski definition) is 4. The van der Waals surface area contributed by atoms with Gasteiger partial charge in [0.05, 0.1) is 13.3 Å². The number of para-hydroxylation sites is 1. The molecule has 0 unspecified atom stereocenters. The minimum atomic E-state index is -0.317. The van der Waals surface area contributed by atoms with Crippen molar-refractivity contribution in [1.29, 1.82) is 0 Å². The Morgan fingerprint density at radius 1 is 1.12 bits per heavy atom. The fraction of sp³-hybridized carbons (Fsp3) is 0.333. The van der Waals surface area contributed by atoms with Gasteiger partial charge in [-0.05, 0) is 42.7 Å². The summed E-state index contributed by atoms with van der Waals surface area (Å²) in [6, 6.07) is 15.3. The van der Waals surface area contributed by atoms with Crippen molar-refractivity contribution in [1.82, 2.24) is 5.43 Å². The summed E-state index contributed by atoms with van der Waals surface area (Å²) in [4.78, 5) is 11.8. The molecule has 2 rings (SSSR count). The number of methoxy groups -OCH3 is 1. The molecule has 2 aromatic carbocycles. The van der Waals surface area contributed by atoms with Crippen molar-refractivity contribution in [2.45, 2.75) is 32.6 Å². The number of aryl methyl sites for hydroxylation is 1. The minimum Gasteiger partial charge on any atom is -0.496 e. The van der Waals surface area contributed by atoms with E-state index in [9.17, 15) is 4.79 Å². The highest BCUT2D eigenvalue weighted by Crippen LogP contribution is 2.15. The Morgan fingerprint density at radius 3 is 2.62 bits per heavy atom. The largest absolute Gasteiger partial charge is 0.496 e. The van der Waals surface area contributed by atoms with Gasteiger partial charge in [0.15, 0.2) is 6.61 Å². The van der Waals surface area contributed by atoms with E-state index in [0.717, 1.165) is 12.0 Å². The van der Waals surface area contributed by atoms with E-state index < -0.39 is 0 Å². The van der Waals surface area contributed by atoms with Crippen molar-refractivity contribution < 1.29 is 14.3 Å². The lowest BCUT2D eigenvalue weighted by atomic mass is 10.1. The van der Waals surface area contributed by atoms with Gasteiger partial charge in [-0.2, -0.15) is 5.10 Å². The zero-order valence-corrected chi connectivity index (χ0v) is 15.4. The van der Waals surface area contributed by atoms with Crippen LogP contribution < -0.4 is 14.9 Å². The van der Waals surface area contributed by atoms with Crippen molar-refractivity contribution in [3.63, 3.8) is 0 Å². The predicted octanol–water partition coefficient (Wildman–Crippen LogP) is 3.96. The maximum Gasteiger partial charge on any atom is 0.277 e. The second kappa shape index (κ2) is 10.9. The molecular weight excluding hydrogens is 328 g/mol. The van der Waals surface area contributed by atoms with Crippen LogP contribution in [0.1, 0.15) is 37.3 Å². The quantitative estimate of drug-likeness (QED) is 0.399. The number of nitrogens with one attached hydrogen (secondary N) is 1. The monoisotopic (exact) mass is 354 g/mol. The number of ether oxygens (including phenoxy) is 2. The normalized spacial score (nSPS) is 10.7.